The summed E-state index contributed by atoms with van der Waals surface area (Å²) in [6.07, 6.45) is 1.54. The zero-order valence-corrected chi connectivity index (χ0v) is 10.2. The fourth-order valence-electron chi connectivity index (χ4n) is 1.26. The normalized spacial score (nSPS) is 14.0. The molecule has 6 nitrogen and oxygen atoms in total. The third-order valence-corrected chi connectivity index (χ3v) is 2.87. The van der Waals surface area contributed by atoms with Gasteiger partial charge in [0, 0.05) is 28.9 Å². The summed E-state index contributed by atoms with van der Waals surface area (Å²) in [4.78, 5) is 22.1. The van der Waals surface area contributed by atoms with E-state index in [1.807, 2.05) is 0 Å². The average Bonchev–Trinajstić information content (AvgIpc) is 2.64. The molecule has 1 heterocycles. The van der Waals surface area contributed by atoms with Crippen LogP contribution in [0.15, 0.2) is 16.5 Å². The lowest BCUT2D eigenvalue weighted by Gasteiger charge is -2.10. The van der Waals surface area contributed by atoms with Gasteiger partial charge in [0.1, 0.15) is 0 Å². The van der Waals surface area contributed by atoms with Crippen LogP contribution in [0.3, 0.4) is 0 Å². The van der Waals surface area contributed by atoms with E-state index < -0.39 is 22.7 Å². The Labute approximate surface area is 100 Å². The Bertz CT molecular complexity index is 453. The summed E-state index contributed by atoms with van der Waals surface area (Å²) in [7, 11) is -1.01. The topological polar surface area (TPSA) is 96.6 Å². The second-order valence-electron chi connectivity index (χ2n) is 3.58. The predicted octanol–water partition coefficient (Wildman–Crippen LogP) is 0.475. The molecule has 0 spiro atoms. The number of nitrogens with one attached hydrogen (secondary N) is 1. The number of carbonyl (C=O) groups is 2. The standard InChI is InChI=1S/C10H13NO5S/c1-6(5-17(2)15)11-9(12)7-3-4-8(16-7)10(13)14/h3-4,6H,5H2,1-2H3,(H,11,12)(H,13,14). The second kappa shape index (κ2) is 5.62. The molecule has 0 saturated heterocycles. The molecule has 0 fully saturated rings. The molecule has 1 aromatic rings. The molecule has 0 aliphatic heterocycles. The van der Waals surface area contributed by atoms with Crippen molar-refractivity contribution >= 4 is 22.7 Å². The van der Waals surface area contributed by atoms with Gasteiger partial charge in [-0.3, -0.25) is 9.00 Å². The van der Waals surface area contributed by atoms with Crippen molar-refractivity contribution in [2.24, 2.45) is 0 Å². The number of rotatable bonds is 5. The Morgan fingerprint density at radius 3 is 2.53 bits per heavy atom. The van der Waals surface area contributed by atoms with E-state index in [4.69, 9.17) is 9.52 Å². The van der Waals surface area contributed by atoms with Gasteiger partial charge in [-0.1, -0.05) is 0 Å². The van der Waals surface area contributed by atoms with E-state index in [9.17, 15) is 13.8 Å². The first kappa shape index (κ1) is 13.4. The molecule has 0 aromatic carbocycles. The Balaban J connectivity index is 2.63. The SMILES string of the molecule is CC(CS(C)=O)NC(=O)c1ccc(C(=O)O)o1. The zero-order valence-electron chi connectivity index (χ0n) is 9.43. The van der Waals surface area contributed by atoms with Crippen LogP contribution in [0.1, 0.15) is 28.0 Å². The fraction of sp³-hybridized carbons (Fsp3) is 0.400. The van der Waals surface area contributed by atoms with Gasteiger partial charge in [0.05, 0.1) is 0 Å². The van der Waals surface area contributed by atoms with Crippen LogP contribution in [-0.2, 0) is 10.8 Å². The van der Waals surface area contributed by atoms with E-state index in [0.717, 1.165) is 0 Å². The Hall–Kier alpha value is -1.63. The second-order valence-corrected chi connectivity index (χ2v) is 5.06. The lowest BCUT2D eigenvalue weighted by atomic mass is 10.3. The smallest absolute Gasteiger partial charge is 0.371 e. The van der Waals surface area contributed by atoms with Crippen LogP contribution in [-0.4, -0.2) is 39.2 Å². The first-order valence-corrected chi connectivity index (χ1v) is 6.57. The van der Waals surface area contributed by atoms with E-state index in [1.54, 1.807) is 6.92 Å². The molecule has 0 bridgehead atoms. The molecule has 0 radical (unpaired) electrons. The van der Waals surface area contributed by atoms with Crippen LogP contribution in [0.5, 0.6) is 0 Å². The maximum Gasteiger partial charge on any atom is 0.371 e. The van der Waals surface area contributed by atoms with Gasteiger partial charge in [-0.15, -0.1) is 0 Å². The molecule has 0 aliphatic rings. The zero-order chi connectivity index (χ0) is 13.0. The molecule has 2 atom stereocenters. The minimum Gasteiger partial charge on any atom is -0.475 e. The summed E-state index contributed by atoms with van der Waals surface area (Å²) in [5, 5.41) is 11.2. The lowest BCUT2D eigenvalue weighted by Crippen LogP contribution is -2.35. The molecule has 0 saturated carbocycles. The summed E-state index contributed by atoms with van der Waals surface area (Å²) in [6, 6.07) is 2.22. The van der Waals surface area contributed by atoms with Gasteiger partial charge in [-0.2, -0.15) is 0 Å². The maximum atomic E-state index is 11.6. The van der Waals surface area contributed by atoms with Crippen LogP contribution < -0.4 is 5.32 Å². The monoisotopic (exact) mass is 259 g/mol. The number of amides is 1. The van der Waals surface area contributed by atoms with E-state index >= 15 is 0 Å². The fourth-order valence-corrected chi connectivity index (χ4v) is 2.05. The molecule has 2 unspecified atom stereocenters. The van der Waals surface area contributed by atoms with Crippen LogP contribution in [0, 0.1) is 0 Å². The van der Waals surface area contributed by atoms with Crippen molar-refractivity contribution in [1.82, 2.24) is 5.32 Å². The van der Waals surface area contributed by atoms with Crippen molar-refractivity contribution in [3.8, 4) is 0 Å². The summed E-state index contributed by atoms with van der Waals surface area (Å²) in [6.45, 7) is 1.71. The number of hydrogen-bond donors (Lipinski definition) is 2. The van der Waals surface area contributed by atoms with Gasteiger partial charge >= 0.3 is 5.97 Å². The first-order chi connectivity index (χ1) is 7.90. The molecule has 94 valence electrons. The van der Waals surface area contributed by atoms with Crippen LogP contribution in [0.2, 0.25) is 0 Å². The first-order valence-electron chi connectivity index (χ1n) is 4.84. The Morgan fingerprint density at radius 1 is 1.47 bits per heavy atom. The quantitative estimate of drug-likeness (QED) is 0.801. The van der Waals surface area contributed by atoms with Crippen molar-refractivity contribution < 1.29 is 23.3 Å². The number of aromatic carboxylic acids is 1. The number of carboxylic acid groups (broad SMARTS) is 1. The molecule has 17 heavy (non-hydrogen) atoms. The third-order valence-electron chi connectivity index (χ3n) is 1.90. The van der Waals surface area contributed by atoms with Gasteiger partial charge in [0.15, 0.2) is 5.76 Å². The molecule has 1 amide bonds. The minimum absolute atomic E-state index is 0.0730. The summed E-state index contributed by atoms with van der Waals surface area (Å²) in [5.74, 6) is -1.78. The third kappa shape index (κ3) is 4.03. The molecule has 0 aliphatic carbocycles. The molecule has 1 aromatic heterocycles. The van der Waals surface area contributed by atoms with Gasteiger partial charge in [0.2, 0.25) is 5.76 Å². The van der Waals surface area contributed by atoms with E-state index in [0.29, 0.717) is 5.75 Å². The van der Waals surface area contributed by atoms with Crippen molar-refractivity contribution in [2.45, 2.75) is 13.0 Å². The predicted molar refractivity (Wildman–Crippen MR) is 61.5 cm³/mol. The number of carboxylic acids is 1. The molecular formula is C10H13NO5S. The minimum atomic E-state index is -1.23. The van der Waals surface area contributed by atoms with Crippen molar-refractivity contribution in [3.05, 3.63) is 23.7 Å². The van der Waals surface area contributed by atoms with E-state index in [1.165, 1.54) is 18.4 Å². The van der Waals surface area contributed by atoms with Gasteiger partial charge in [0.25, 0.3) is 5.91 Å². The largest absolute Gasteiger partial charge is 0.475 e. The summed E-state index contributed by atoms with van der Waals surface area (Å²) >= 11 is 0. The molecular weight excluding hydrogens is 246 g/mol. The van der Waals surface area contributed by atoms with E-state index in [2.05, 4.69) is 5.32 Å². The summed E-state index contributed by atoms with van der Waals surface area (Å²) in [5.41, 5.74) is 0. The highest BCUT2D eigenvalue weighted by Crippen LogP contribution is 2.07. The number of hydrogen-bond acceptors (Lipinski definition) is 4. The highest BCUT2D eigenvalue weighted by molar-refractivity contribution is 7.84. The van der Waals surface area contributed by atoms with Gasteiger partial charge in [-0.05, 0) is 19.1 Å². The number of carbonyl (C=O) groups excluding carboxylic acids is 1. The maximum absolute atomic E-state index is 11.6. The van der Waals surface area contributed by atoms with Crippen LogP contribution in [0.25, 0.3) is 0 Å². The van der Waals surface area contributed by atoms with Crippen molar-refractivity contribution in [1.29, 1.82) is 0 Å². The van der Waals surface area contributed by atoms with Crippen LogP contribution >= 0.6 is 0 Å². The van der Waals surface area contributed by atoms with Crippen molar-refractivity contribution in [2.75, 3.05) is 12.0 Å². The van der Waals surface area contributed by atoms with Crippen LogP contribution in [0.4, 0.5) is 0 Å². The van der Waals surface area contributed by atoms with Gasteiger partial charge < -0.3 is 14.8 Å². The Morgan fingerprint density at radius 2 is 2.06 bits per heavy atom. The summed E-state index contributed by atoms with van der Waals surface area (Å²) < 4.78 is 15.7. The highest BCUT2D eigenvalue weighted by atomic mass is 32.2. The van der Waals surface area contributed by atoms with E-state index in [-0.39, 0.29) is 17.6 Å². The van der Waals surface area contributed by atoms with Gasteiger partial charge in [-0.25, -0.2) is 4.79 Å². The molecule has 2 N–H and O–H groups in total. The average molecular weight is 259 g/mol. The molecule has 7 heteroatoms. The molecule has 1 rings (SSSR count). The Kier molecular flexibility index (Phi) is 4.45. The van der Waals surface area contributed by atoms with Crippen molar-refractivity contribution in [3.63, 3.8) is 0 Å². The highest BCUT2D eigenvalue weighted by Gasteiger charge is 2.16. The number of furan rings is 1. The lowest BCUT2D eigenvalue weighted by molar-refractivity contribution is 0.0659.